The molecule has 2 rings (SSSR count). The Kier molecular flexibility index (Phi) is 3.91. The maximum atomic E-state index is 14.3. The lowest BCUT2D eigenvalue weighted by atomic mass is 9.91. The number of rotatable bonds is 1. The van der Waals surface area contributed by atoms with Gasteiger partial charge in [0.1, 0.15) is 6.07 Å². The first-order valence-corrected chi connectivity index (χ1v) is 7.00. The Bertz CT molecular complexity index is 495. The van der Waals surface area contributed by atoms with Crippen molar-refractivity contribution in [2.45, 2.75) is 32.7 Å². The summed E-state index contributed by atoms with van der Waals surface area (Å²) in [6.45, 7) is 5.21. The van der Waals surface area contributed by atoms with Gasteiger partial charge < -0.3 is 4.90 Å². The van der Waals surface area contributed by atoms with E-state index >= 15 is 0 Å². The molecule has 0 aliphatic carbocycles. The van der Waals surface area contributed by atoms with Gasteiger partial charge in [-0.3, -0.25) is 0 Å². The van der Waals surface area contributed by atoms with Crippen LogP contribution in [0.3, 0.4) is 0 Å². The summed E-state index contributed by atoms with van der Waals surface area (Å²) in [6, 6.07) is 5.70. The molecule has 1 aliphatic rings. The van der Waals surface area contributed by atoms with Gasteiger partial charge in [-0.15, -0.1) is 0 Å². The maximum absolute atomic E-state index is 14.3. The van der Waals surface area contributed by atoms with Crippen LogP contribution in [0.1, 0.15) is 32.3 Å². The lowest BCUT2D eigenvalue weighted by molar-refractivity contribution is 0.360. The van der Waals surface area contributed by atoms with E-state index in [1.165, 1.54) is 6.42 Å². The number of anilines is 1. The highest BCUT2D eigenvalue weighted by atomic mass is 79.9. The fraction of sp³-hybridized carbons (Fsp3) is 0.500. The van der Waals surface area contributed by atoms with E-state index in [1.54, 1.807) is 12.1 Å². The molecule has 1 aromatic rings. The van der Waals surface area contributed by atoms with Gasteiger partial charge in [-0.05, 0) is 53.7 Å². The van der Waals surface area contributed by atoms with E-state index in [0.717, 1.165) is 13.0 Å². The zero-order valence-corrected chi connectivity index (χ0v) is 12.2. The lowest BCUT2D eigenvalue weighted by Gasteiger charge is -2.39. The van der Waals surface area contributed by atoms with E-state index in [-0.39, 0.29) is 10.3 Å². The number of piperidine rings is 1. The fourth-order valence-electron chi connectivity index (χ4n) is 2.52. The summed E-state index contributed by atoms with van der Waals surface area (Å²) in [7, 11) is 0. The molecule has 0 N–H and O–H groups in total. The summed E-state index contributed by atoms with van der Waals surface area (Å²) >= 11 is 3.17. The molecule has 18 heavy (non-hydrogen) atoms. The number of hydrogen-bond acceptors (Lipinski definition) is 2. The van der Waals surface area contributed by atoms with Crippen LogP contribution < -0.4 is 4.90 Å². The smallest absolute Gasteiger partial charge is 0.161 e. The van der Waals surface area contributed by atoms with E-state index in [0.29, 0.717) is 23.2 Å². The second-order valence-corrected chi connectivity index (χ2v) is 5.72. The predicted molar refractivity (Wildman–Crippen MR) is 74.0 cm³/mol. The van der Waals surface area contributed by atoms with Crippen LogP contribution in [0.4, 0.5) is 10.1 Å². The van der Waals surface area contributed by atoms with E-state index in [2.05, 4.69) is 34.7 Å². The average Bonchev–Trinajstić information content (AvgIpc) is 2.37. The van der Waals surface area contributed by atoms with Crippen molar-refractivity contribution < 1.29 is 4.39 Å². The number of hydrogen-bond donors (Lipinski definition) is 0. The third kappa shape index (κ3) is 2.24. The van der Waals surface area contributed by atoms with Crippen LogP contribution in [-0.4, -0.2) is 12.6 Å². The third-order valence-electron chi connectivity index (χ3n) is 3.87. The van der Waals surface area contributed by atoms with E-state index < -0.39 is 0 Å². The predicted octanol–water partition coefficient (Wildman–Crippen LogP) is 4.08. The molecule has 2 atom stereocenters. The maximum Gasteiger partial charge on any atom is 0.161 e. The molecule has 1 aromatic carbocycles. The van der Waals surface area contributed by atoms with Crippen LogP contribution in [0.15, 0.2) is 16.6 Å². The number of nitriles is 1. The number of benzene rings is 1. The summed E-state index contributed by atoms with van der Waals surface area (Å²) in [5.74, 6) is 0.238. The standard InChI is InChI=1S/C14H16BrFN2/c1-9-4-3-7-18(10(9)2)12-6-5-11(8-17)13(15)14(12)16/h5-6,9-10H,3-4,7H2,1-2H3. The SMILES string of the molecule is CC1CCCN(c2ccc(C#N)c(Br)c2F)C1C. The topological polar surface area (TPSA) is 27.0 Å². The summed E-state index contributed by atoms with van der Waals surface area (Å²) in [5.41, 5.74) is 0.939. The Morgan fingerprint density at radius 3 is 2.83 bits per heavy atom. The molecule has 0 bridgehead atoms. The van der Waals surface area contributed by atoms with Crippen LogP contribution in [0, 0.1) is 23.1 Å². The zero-order valence-electron chi connectivity index (χ0n) is 10.6. The Morgan fingerprint density at radius 1 is 1.44 bits per heavy atom. The van der Waals surface area contributed by atoms with Crippen molar-refractivity contribution >= 4 is 21.6 Å². The van der Waals surface area contributed by atoms with E-state index in [1.807, 2.05) is 6.07 Å². The van der Waals surface area contributed by atoms with Crippen molar-refractivity contribution in [3.63, 3.8) is 0 Å². The molecule has 0 radical (unpaired) electrons. The van der Waals surface area contributed by atoms with Gasteiger partial charge in [0.25, 0.3) is 0 Å². The van der Waals surface area contributed by atoms with Gasteiger partial charge >= 0.3 is 0 Å². The van der Waals surface area contributed by atoms with Gasteiger partial charge in [0.05, 0.1) is 15.7 Å². The molecule has 1 aliphatic heterocycles. The average molecular weight is 311 g/mol. The molecule has 0 amide bonds. The minimum atomic E-state index is -0.324. The van der Waals surface area contributed by atoms with E-state index in [9.17, 15) is 4.39 Å². The Morgan fingerprint density at radius 2 is 2.17 bits per heavy atom. The third-order valence-corrected chi connectivity index (χ3v) is 4.64. The van der Waals surface area contributed by atoms with Gasteiger partial charge in [-0.1, -0.05) is 6.92 Å². The van der Waals surface area contributed by atoms with Crippen molar-refractivity contribution in [3.05, 3.63) is 28.0 Å². The van der Waals surface area contributed by atoms with Crippen LogP contribution in [0.5, 0.6) is 0 Å². The first kappa shape index (κ1) is 13.4. The molecule has 4 heteroatoms. The van der Waals surface area contributed by atoms with Crippen LogP contribution in [0.2, 0.25) is 0 Å². The lowest BCUT2D eigenvalue weighted by Crippen LogP contribution is -2.42. The second kappa shape index (κ2) is 5.27. The molecular formula is C14H16BrFN2. The van der Waals surface area contributed by atoms with Crippen molar-refractivity contribution in [2.75, 3.05) is 11.4 Å². The van der Waals surface area contributed by atoms with Crippen LogP contribution in [0.25, 0.3) is 0 Å². The minimum absolute atomic E-state index is 0.271. The molecule has 0 aromatic heterocycles. The summed E-state index contributed by atoms with van der Waals surface area (Å²) in [4.78, 5) is 2.11. The molecule has 2 nitrogen and oxygen atoms in total. The van der Waals surface area contributed by atoms with Gasteiger partial charge in [0.2, 0.25) is 0 Å². The first-order chi connectivity index (χ1) is 8.56. The normalized spacial score (nSPS) is 23.8. The number of halogens is 2. The molecule has 1 saturated heterocycles. The summed E-state index contributed by atoms with van der Waals surface area (Å²) in [5, 5.41) is 8.88. The van der Waals surface area contributed by atoms with Crippen LogP contribution in [-0.2, 0) is 0 Å². The van der Waals surface area contributed by atoms with Gasteiger partial charge in [0, 0.05) is 12.6 Å². The van der Waals surface area contributed by atoms with Crippen molar-refractivity contribution in [1.82, 2.24) is 0 Å². The molecular weight excluding hydrogens is 295 g/mol. The zero-order chi connectivity index (χ0) is 13.3. The largest absolute Gasteiger partial charge is 0.366 e. The fourth-order valence-corrected chi connectivity index (χ4v) is 2.95. The molecule has 2 unspecified atom stereocenters. The Balaban J connectivity index is 2.40. The Labute approximate surface area is 116 Å². The van der Waals surface area contributed by atoms with Crippen molar-refractivity contribution in [2.24, 2.45) is 5.92 Å². The van der Waals surface area contributed by atoms with Crippen molar-refractivity contribution in [3.8, 4) is 6.07 Å². The number of nitrogens with zero attached hydrogens (tertiary/aromatic N) is 2. The molecule has 1 heterocycles. The summed E-state index contributed by atoms with van der Waals surface area (Å²) < 4.78 is 14.6. The quantitative estimate of drug-likeness (QED) is 0.781. The molecule has 96 valence electrons. The molecule has 1 fully saturated rings. The van der Waals surface area contributed by atoms with Gasteiger partial charge in [0.15, 0.2) is 5.82 Å². The Hall–Kier alpha value is -1.08. The molecule has 0 saturated carbocycles. The monoisotopic (exact) mass is 310 g/mol. The highest BCUT2D eigenvalue weighted by Gasteiger charge is 2.27. The van der Waals surface area contributed by atoms with E-state index in [4.69, 9.17) is 5.26 Å². The molecule has 0 spiro atoms. The van der Waals surface area contributed by atoms with Crippen molar-refractivity contribution in [1.29, 1.82) is 5.26 Å². The highest BCUT2D eigenvalue weighted by Crippen LogP contribution is 2.34. The van der Waals surface area contributed by atoms with Gasteiger partial charge in [-0.25, -0.2) is 4.39 Å². The second-order valence-electron chi connectivity index (χ2n) is 4.93. The highest BCUT2D eigenvalue weighted by molar-refractivity contribution is 9.10. The van der Waals surface area contributed by atoms with Gasteiger partial charge in [-0.2, -0.15) is 5.26 Å². The first-order valence-electron chi connectivity index (χ1n) is 6.21. The summed E-state index contributed by atoms with van der Waals surface area (Å²) in [6.07, 6.45) is 2.28. The minimum Gasteiger partial charge on any atom is -0.366 e. The van der Waals surface area contributed by atoms with Crippen LogP contribution >= 0.6 is 15.9 Å².